The Morgan fingerprint density at radius 2 is 1.97 bits per heavy atom. The minimum Gasteiger partial charge on any atom is -0.464 e. The number of rotatable bonds is 4. The Labute approximate surface area is 176 Å². The van der Waals surface area contributed by atoms with Gasteiger partial charge in [-0.05, 0) is 30.3 Å². The summed E-state index contributed by atoms with van der Waals surface area (Å²) in [5.74, 6) is -1.01. The van der Waals surface area contributed by atoms with E-state index in [1.807, 2.05) is 0 Å². The van der Waals surface area contributed by atoms with Gasteiger partial charge in [0.15, 0.2) is 0 Å². The summed E-state index contributed by atoms with van der Waals surface area (Å²) < 4.78 is 46.1. The fourth-order valence-electron chi connectivity index (χ4n) is 3.68. The summed E-state index contributed by atoms with van der Waals surface area (Å²) in [4.78, 5) is 14.3. The van der Waals surface area contributed by atoms with Gasteiger partial charge in [0.2, 0.25) is 5.91 Å². The molecule has 1 unspecified atom stereocenters. The number of carbonyl (C=O) groups is 1. The van der Waals surface area contributed by atoms with Gasteiger partial charge in [0.25, 0.3) is 10.0 Å². The van der Waals surface area contributed by atoms with Gasteiger partial charge in [0.1, 0.15) is 17.4 Å². The molecule has 158 valence electrons. The molecular formula is C21H17FN4O4S. The third-order valence-corrected chi connectivity index (χ3v) is 6.87. The highest BCUT2D eigenvalue weighted by Gasteiger charge is 2.32. The average molecular weight is 440 g/mol. The molecule has 2 aromatic heterocycles. The second-order valence-corrected chi connectivity index (χ2v) is 9.09. The topological polar surface area (TPSA) is 111 Å². The predicted octanol–water partition coefficient (Wildman–Crippen LogP) is 2.55. The molecule has 1 aliphatic rings. The van der Waals surface area contributed by atoms with E-state index in [4.69, 9.17) is 10.2 Å². The SMILES string of the molecule is NC(C(=O)N1Cc2cn(S(=O)(=O)c3ccc4occc4c3)nc2C1)c1ccccc1F. The van der Waals surface area contributed by atoms with Crippen molar-refractivity contribution in [2.75, 3.05) is 0 Å². The van der Waals surface area contributed by atoms with Crippen molar-refractivity contribution in [3.8, 4) is 0 Å². The van der Waals surface area contributed by atoms with Crippen LogP contribution in [0.15, 0.2) is 70.3 Å². The Morgan fingerprint density at radius 3 is 2.74 bits per heavy atom. The Bertz CT molecular complexity index is 1400. The van der Waals surface area contributed by atoms with Crippen molar-refractivity contribution in [3.05, 3.63) is 83.6 Å². The number of fused-ring (bicyclic) bond motifs is 2. The number of hydrogen-bond acceptors (Lipinski definition) is 6. The number of hydrogen-bond donors (Lipinski definition) is 1. The van der Waals surface area contributed by atoms with Crippen molar-refractivity contribution in [1.82, 2.24) is 14.1 Å². The number of carbonyl (C=O) groups excluding carboxylic acids is 1. The van der Waals surface area contributed by atoms with E-state index >= 15 is 0 Å². The zero-order valence-corrected chi connectivity index (χ0v) is 16.9. The molecule has 2 N–H and O–H groups in total. The molecule has 1 atom stereocenters. The molecule has 0 bridgehead atoms. The molecule has 1 amide bonds. The first-order valence-electron chi connectivity index (χ1n) is 9.43. The third kappa shape index (κ3) is 3.20. The van der Waals surface area contributed by atoms with E-state index in [1.54, 1.807) is 18.2 Å². The minimum absolute atomic E-state index is 0.0806. The van der Waals surface area contributed by atoms with E-state index in [2.05, 4.69) is 5.10 Å². The maximum absolute atomic E-state index is 14.0. The Morgan fingerprint density at radius 1 is 1.16 bits per heavy atom. The zero-order valence-electron chi connectivity index (χ0n) is 16.1. The van der Waals surface area contributed by atoms with Crippen molar-refractivity contribution < 1.29 is 22.0 Å². The standard InChI is InChI=1S/C21H17FN4O4S/c22-17-4-2-1-3-16(17)20(23)21(27)25-10-14-11-26(24-18(14)12-25)31(28,29)15-5-6-19-13(9-15)7-8-30-19/h1-9,11,20H,10,12,23H2. The second-order valence-electron chi connectivity index (χ2n) is 7.29. The van der Waals surface area contributed by atoms with Crippen LogP contribution in [0.3, 0.4) is 0 Å². The van der Waals surface area contributed by atoms with Gasteiger partial charge in [0.05, 0.1) is 23.4 Å². The van der Waals surface area contributed by atoms with Gasteiger partial charge in [-0.3, -0.25) is 4.79 Å². The highest BCUT2D eigenvalue weighted by molar-refractivity contribution is 7.89. The molecule has 1 aliphatic heterocycles. The van der Waals surface area contributed by atoms with Gasteiger partial charge in [0, 0.05) is 29.3 Å². The maximum atomic E-state index is 14.0. The Balaban J connectivity index is 1.37. The van der Waals surface area contributed by atoms with Crippen LogP contribution in [0.2, 0.25) is 0 Å². The normalized spacial score (nSPS) is 14.7. The summed E-state index contributed by atoms with van der Waals surface area (Å²) in [5.41, 5.74) is 7.73. The molecule has 3 heterocycles. The lowest BCUT2D eigenvalue weighted by Crippen LogP contribution is -2.35. The summed E-state index contributed by atoms with van der Waals surface area (Å²) in [6, 6.07) is 10.9. The van der Waals surface area contributed by atoms with Crippen LogP contribution in [0.5, 0.6) is 0 Å². The number of furan rings is 1. The van der Waals surface area contributed by atoms with Crippen LogP contribution >= 0.6 is 0 Å². The smallest absolute Gasteiger partial charge is 0.282 e. The summed E-state index contributed by atoms with van der Waals surface area (Å²) in [7, 11) is -3.90. The number of amides is 1. The van der Waals surface area contributed by atoms with E-state index in [0.29, 0.717) is 22.2 Å². The van der Waals surface area contributed by atoms with Gasteiger partial charge in [-0.1, -0.05) is 18.2 Å². The van der Waals surface area contributed by atoms with Crippen molar-refractivity contribution in [2.45, 2.75) is 24.0 Å². The summed E-state index contributed by atoms with van der Waals surface area (Å²) >= 11 is 0. The van der Waals surface area contributed by atoms with Crippen LogP contribution in [0.1, 0.15) is 22.9 Å². The molecule has 0 spiro atoms. The molecule has 2 aromatic carbocycles. The fraction of sp³-hybridized carbons (Fsp3) is 0.143. The highest BCUT2D eigenvalue weighted by atomic mass is 32.2. The Hall–Kier alpha value is -3.50. The first kappa shape index (κ1) is 19.5. The van der Waals surface area contributed by atoms with Crippen molar-refractivity contribution >= 4 is 26.9 Å². The lowest BCUT2D eigenvalue weighted by molar-refractivity contribution is -0.133. The minimum atomic E-state index is -3.90. The second kappa shape index (κ2) is 7.03. The molecule has 8 nitrogen and oxygen atoms in total. The van der Waals surface area contributed by atoms with E-state index in [9.17, 15) is 17.6 Å². The van der Waals surface area contributed by atoms with Gasteiger partial charge in [-0.2, -0.15) is 17.6 Å². The van der Waals surface area contributed by atoms with Crippen molar-refractivity contribution in [2.24, 2.45) is 5.73 Å². The third-order valence-electron chi connectivity index (χ3n) is 5.34. The molecule has 0 fully saturated rings. The lowest BCUT2D eigenvalue weighted by atomic mass is 10.1. The number of nitrogens with zero attached hydrogens (tertiary/aromatic N) is 3. The number of nitrogens with two attached hydrogens (primary N) is 1. The van der Waals surface area contributed by atoms with Crippen molar-refractivity contribution in [1.29, 1.82) is 0 Å². The van der Waals surface area contributed by atoms with E-state index in [1.165, 1.54) is 47.7 Å². The monoisotopic (exact) mass is 440 g/mol. The molecule has 5 rings (SSSR count). The number of aromatic nitrogens is 2. The van der Waals surface area contributed by atoms with Crippen LogP contribution in [0.25, 0.3) is 11.0 Å². The van der Waals surface area contributed by atoms with Crippen LogP contribution in [-0.4, -0.2) is 28.4 Å². The quantitative estimate of drug-likeness (QED) is 0.522. The molecule has 0 aliphatic carbocycles. The van der Waals surface area contributed by atoms with Gasteiger partial charge in [-0.25, -0.2) is 4.39 Å². The summed E-state index contributed by atoms with van der Waals surface area (Å²) in [5, 5.41) is 4.85. The average Bonchev–Trinajstić information content (AvgIpc) is 3.47. The number of benzene rings is 2. The van der Waals surface area contributed by atoms with E-state index < -0.39 is 27.8 Å². The first-order valence-corrected chi connectivity index (χ1v) is 10.9. The molecule has 31 heavy (non-hydrogen) atoms. The maximum Gasteiger partial charge on any atom is 0.282 e. The van der Waals surface area contributed by atoms with Gasteiger partial charge < -0.3 is 15.1 Å². The predicted molar refractivity (Wildman–Crippen MR) is 109 cm³/mol. The van der Waals surface area contributed by atoms with Crippen LogP contribution in [0.4, 0.5) is 4.39 Å². The Kier molecular flexibility index (Phi) is 4.42. The lowest BCUT2D eigenvalue weighted by Gasteiger charge is -2.21. The summed E-state index contributed by atoms with van der Waals surface area (Å²) in [6.07, 6.45) is 2.88. The molecule has 4 aromatic rings. The van der Waals surface area contributed by atoms with Crippen LogP contribution < -0.4 is 5.73 Å². The van der Waals surface area contributed by atoms with Crippen molar-refractivity contribution in [3.63, 3.8) is 0 Å². The van der Waals surface area contributed by atoms with Crippen LogP contribution in [0, 0.1) is 5.82 Å². The molecule has 0 saturated heterocycles. The number of halogens is 1. The van der Waals surface area contributed by atoms with E-state index in [0.717, 1.165) is 4.09 Å². The summed E-state index contributed by atoms with van der Waals surface area (Å²) in [6.45, 7) is 0.242. The van der Waals surface area contributed by atoms with Crippen LogP contribution in [-0.2, 0) is 27.9 Å². The van der Waals surface area contributed by atoms with Gasteiger partial charge >= 0.3 is 0 Å². The molecular weight excluding hydrogens is 423 g/mol. The molecule has 0 radical (unpaired) electrons. The molecule has 10 heteroatoms. The fourth-order valence-corrected chi connectivity index (χ4v) is 4.88. The first-order chi connectivity index (χ1) is 14.8. The molecule has 0 saturated carbocycles. The van der Waals surface area contributed by atoms with Gasteiger partial charge in [-0.15, -0.1) is 0 Å². The van der Waals surface area contributed by atoms with E-state index in [-0.39, 0.29) is 23.5 Å². The zero-order chi connectivity index (χ0) is 21.8. The largest absolute Gasteiger partial charge is 0.464 e. The highest BCUT2D eigenvalue weighted by Crippen LogP contribution is 2.28.